The fraction of sp³-hybridized carbons (Fsp3) is 0.222. The van der Waals surface area contributed by atoms with Gasteiger partial charge in [0.1, 0.15) is 12.1 Å². The van der Waals surface area contributed by atoms with Crippen molar-refractivity contribution in [3.05, 3.63) is 66.4 Å². The molecule has 0 fully saturated rings. The number of benzene rings is 1. The van der Waals surface area contributed by atoms with Crippen molar-refractivity contribution in [2.75, 3.05) is 0 Å². The van der Waals surface area contributed by atoms with Gasteiger partial charge < -0.3 is 14.3 Å². The highest BCUT2D eigenvalue weighted by Gasteiger charge is 2.20. The van der Waals surface area contributed by atoms with Crippen LogP contribution in [0, 0.1) is 0 Å². The van der Waals surface area contributed by atoms with Gasteiger partial charge in [-0.3, -0.25) is 10.1 Å². The first-order chi connectivity index (χ1) is 13.1. The number of imide groups is 1. The zero-order valence-electron chi connectivity index (χ0n) is 14.7. The summed E-state index contributed by atoms with van der Waals surface area (Å²) in [7, 11) is 0. The number of rotatable bonds is 7. The van der Waals surface area contributed by atoms with Crippen LogP contribution >= 0.6 is 11.8 Å². The molecular formula is C18H19N5O3S. The predicted octanol–water partition coefficient (Wildman–Crippen LogP) is 2.43. The van der Waals surface area contributed by atoms with Crippen molar-refractivity contribution in [1.82, 2.24) is 25.4 Å². The van der Waals surface area contributed by atoms with Crippen molar-refractivity contribution in [3.8, 4) is 0 Å². The minimum absolute atomic E-state index is 0.346. The highest BCUT2D eigenvalue weighted by molar-refractivity contribution is 8.00. The van der Waals surface area contributed by atoms with Gasteiger partial charge in [0.2, 0.25) is 5.91 Å². The Kier molecular flexibility index (Phi) is 6.26. The Morgan fingerprint density at radius 1 is 1.22 bits per heavy atom. The number of hydrogen-bond donors (Lipinski definition) is 2. The Hall–Kier alpha value is -3.07. The van der Waals surface area contributed by atoms with E-state index in [0.29, 0.717) is 18.2 Å². The summed E-state index contributed by atoms with van der Waals surface area (Å²) in [6, 6.07) is 12.6. The largest absolute Gasteiger partial charge is 0.467 e. The molecule has 9 heteroatoms. The maximum Gasteiger partial charge on any atom is 0.321 e. The number of aromatic nitrogens is 3. The first kappa shape index (κ1) is 18.7. The first-order valence-electron chi connectivity index (χ1n) is 8.31. The number of urea groups is 1. The molecule has 27 heavy (non-hydrogen) atoms. The highest BCUT2D eigenvalue weighted by atomic mass is 32.2. The van der Waals surface area contributed by atoms with Crippen LogP contribution in [0.15, 0.2) is 64.6 Å². The molecule has 1 atom stereocenters. The average Bonchev–Trinajstić information content (AvgIpc) is 3.34. The zero-order chi connectivity index (χ0) is 19.1. The standard InChI is InChI=1S/C18H19N5O3S/c1-13(16(24)21-17(25)19-10-14-6-3-2-4-7-14)27-18-22-20-12-23(18)11-15-8-5-9-26-15/h2-9,12-13H,10-11H2,1H3,(H2,19,21,24,25). The van der Waals surface area contributed by atoms with Gasteiger partial charge in [-0.15, -0.1) is 10.2 Å². The lowest BCUT2D eigenvalue weighted by molar-refractivity contribution is -0.119. The predicted molar refractivity (Wildman–Crippen MR) is 100.0 cm³/mol. The van der Waals surface area contributed by atoms with Crippen molar-refractivity contribution in [2.24, 2.45) is 0 Å². The number of furan rings is 1. The Labute approximate surface area is 160 Å². The molecule has 2 aromatic heterocycles. The van der Waals surface area contributed by atoms with Gasteiger partial charge in [-0.05, 0) is 24.6 Å². The van der Waals surface area contributed by atoms with Crippen molar-refractivity contribution in [2.45, 2.75) is 30.4 Å². The molecule has 2 N–H and O–H groups in total. The van der Waals surface area contributed by atoms with Crippen LogP contribution in [0.3, 0.4) is 0 Å². The lowest BCUT2D eigenvalue weighted by Crippen LogP contribution is -2.42. The van der Waals surface area contributed by atoms with E-state index in [1.807, 2.05) is 36.4 Å². The Balaban J connectivity index is 1.49. The molecule has 0 radical (unpaired) electrons. The van der Waals surface area contributed by atoms with Gasteiger partial charge in [0.25, 0.3) is 0 Å². The van der Waals surface area contributed by atoms with Gasteiger partial charge in [-0.25, -0.2) is 4.79 Å². The van der Waals surface area contributed by atoms with Crippen LogP contribution in [0.4, 0.5) is 4.79 Å². The number of nitrogens with zero attached hydrogens (tertiary/aromatic N) is 3. The van der Waals surface area contributed by atoms with E-state index in [-0.39, 0.29) is 0 Å². The molecule has 0 saturated heterocycles. The molecule has 1 aromatic carbocycles. The lowest BCUT2D eigenvalue weighted by Gasteiger charge is -2.12. The molecule has 0 bridgehead atoms. The minimum atomic E-state index is -0.534. The molecule has 140 valence electrons. The smallest absolute Gasteiger partial charge is 0.321 e. The highest BCUT2D eigenvalue weighted by Crippen LogP contribution is 2.21. The molecule has 3 aromatic rings. The van der Waals surface area contributed by atoms with Gasteiger partial charge in [0, 0.05) is 6.54 Å². The van der Waals surface area contributed by atoms with Crippen molar-refractivity contribution in [3.63, 3.8) is 0 Å². The number of carbonyl (C=O) groups excluding carboxylic acids is 2. The van der Waals surface area contributed by atoms with Crippen molar-refractivity contribution < 1.29 is 14.0 Å². The average molecular weight is 385 g/mol. The summed E-state index contributed by atoms with van der Waals surface area (Å²) in [6.07, 6.45) is 3.17. The topological polar surface area (TPSA) is 102 Å². The van der Waals surface area contributed by atoms with Crippen LogP contribution in [-0.4, -0.2) is 32.0 Å². The molecule has 3 amide bonds. The summed E-state index contributed by atoms with van der Waals surface area (Å²) in [5, 5.41) is 13.0. The third kappa shape index (κ3) is 5.45. The fourth-order valence-corrected chi connectivity index (χ4v) is 3.09. The van der Waals surface area contributed by atoms with E-state index in [4.69, 9.17) is 4.42 Å². The van der Waals surface area contributed by atoms with Gasteiger partial charge in [-0.1, -0.05) is 42.1 Å². The maximum atomic E-state index is 12.3. The molecule has 8 nitrogen and oxygen atoms in total. The van der Waals surface area contributed by atoms with Gasteiger partial charge in [-0.2, -0.15) is 0 Å². The summed E-state index contributed by atoms with van der Waals surface area (Å²) in [5.74, 6) is 0.354. The molecule has 0 spiro atoms. The Bertz CT molecular complexity index is 880. The number of hydrogen-bond acceptors (Lipinski definition) is 6. The second-order valence-electron chi connectivity index (χ2n) is 5.74. The number of nitrogens with one attached hydrogen (secondary N) is 2. The molecule has 0 aliphatic heterocycles. The van der Waals surface area contributed by atoms with Gasteiger partial charge in [0.15, 0.2) is 5.16 Å². The summed E-state index contributed by atoms with van der Waals surface area (Å²) in [4.78, 5) is 24.2. The van der Waals surface area contributed by atoms with Gasteiger partial charge in [0.05, 0.1) is 18.1 Å². The Morgan fingerprint density at radius 2 is 2.04 bits per heavy atom. The van der Waals surface area contributed by atoms with Gasteiger partial charge >= 0.3 is 6.03 Å². The Morgan fingerprint density at radius 3 is 2.78 bits per heavy atom. The maximum absolute atomic E-state index is 12.3. The summed E-state index contributed by atoms with van der Waals surface area (Å²) >= 11 is 1.22. The van der Waals surface area contributed by atoms with Crippen LogP contribution < -0.4 is 10.6 Å². The molecule has 0 saturated carbocycles. The molecule has 3 rings (SSSR count). The van der Waals surface area contributed by atoms with Crippen LogP contribution in [-0.2, 0) is 17.9 Å². The summed E-state index contributed by atoms with van der Waals surface area (Å²) in [6.45, 7) is 2.52. The summed E-state index contributed by atoms with van der Waals surface area (Å²) in [5.41, 5.74) is 0.952. The van der Waals surface area contributed by atoms with E-state index < -0.39 is 17.2 Å². The van der Waals surface area contributed by atoms with Crippen molar-refractivity contribution >= 4 is 23.7 Å². The first-order valence-corrected chi connectivity index (χ1v) is 9.19. The number of thioether (sulfide) groups is 1. The molecule has 0 aliphatic carbocycles. The monoisotopic (exact) mass is 385 g/mol. The normalized spacial score (nSPS) is 11.7. The molecule has 0 aliphatic rings. The number of carbonyl (C=O) groups is 2. The van der Waals surface area contributed by atoms with E-state index in [0.717, 1.165) is 11.3 Å². The second-order valence-corrected chi connectivity index (χ2v) is 7.05. The van der Waals surface area contributed by atoms with Crippen LogP contribution in [0.1, 0.15) is 18.2 Å². The molecular weight excluding hydrogens is 366 g/mol. The van der Waals surface area contributed by atoms with E-state index in [1.165, 1.54) is 11.8 Å². The fourth-order valence-electron chi connectivity index (χ4n) is 2.26. The van der Waals surface area contributed by atoms with E-state index in [1.54, 1.807) is 30.1 Å². The number of amides is 3. The van der Waals surface area contributed by atoms with Crippen LogP contribution in [0.25, 0.3) is 0 Å². The third-order valence-electron chi connectivity index (χ3n) is 3.67. The SMILES string of the molecule is CC(Sc1nncn1Cc1ccco1)C(=O)NC(=O)NCc1ccccc1. The molecule has 2 heterocycles. The van der Waals surface area contributed by atoms with E-state index in [9.17, 15) is 9.59 Å². The molecule has 1 unspecified atom stereocenters. The zero-order valence-corrected chi connectivity index (χ0v) is 15.5. The van der Waals surface area contributed by atoms with Crippen LogP contribution in [0.5, 0.6) is 0 Å². The van der Waals surface area contributed by atoms with Crippen molar-refractivity contribution in [1.29, 1.82) is 0 Å². The second kappa shape index (κ2) is 9.04. The summed E-state index contributed by atoms with van der Waals surface area (Å²) < 4.78 is 7.09. The quantitative estimate of drug-likeness (QED) is 0.606. The third-order valence-corrected chi connectivity index (χ3v) is 4.76. The lowest BCUT2D eigenvalue weighted by atomic mass is 10.2. The minimum Gasteiger partial charge on any atom is -0.467 e. The van der Waals surface area contributed by atoms with E-state index >= 15 is 0 Å². The van der Waals surface area contributed by atoms with E-state index in [2.05, 4.69) is 20.8 Å². The van der Waals surface area contributed by atoms with Crippen LogP contribution in [0.2, 0.25) is 0 Å².